The van der Waals surface area contributed by atoms with E-state index in [9.17, 15) is 4.79 Å². The molecule has 0 radical (unpaired) electrons. The Balaban J connectivity index is 1.55. The van der Waals surface area contributed by atoms with E-state index in [1.54, 1.807) is 0 Å². The van der Waals surface area contributed by atoms with Crippen LogP contribution in [0, 0.1) is 0 Å². The van der Waals surface area contributed by atoms with Gasteiger partial charge in [0, 0.05) is 37.6 Å². The first-order valence-electron chi connectivity index (χ1n) is 7.85. The van der Waals surface area contributed by atoms with E-state index in [0.29, 0.717) is 5.75 Å². The van der Waals surface area contributed by atoms with E-state index in [1.807, 2.05) is 48.5 Å². The number of benzene rings is 2. The topological polar surface area (TPSA) is 53.6 Å². The van der Waals surface area contributed by atoms with Crippen molar-refractivity contribution in [3.8, 4) is 5.75 Å². The molecule has 3 rings (SSSR count). The molecule has 0 atom stereocenters. The molecule has 1 aliphatic rings. The molecule has 1 amide bonds. The Morgan fingerprint density at radius 2 is 1.87 bits per heavy atom. The number of hydrogen-bond acceptors (Lipinski definition) is 4. The maximum absolute atomic E-state index is 12.0. The van der Waals surface area contributed by atoms with E-state index in [4.69, 9.17) is 4.74 Å². The van der Waals surface area contributed by atoms with Crippen LogP contribution < -0.4 is 20.3 Å². The zero-order valence-corrected chi connectivity index (χ0v) is 13.0. The van der Waals surface area contributed by atoms with Gasteiger partial charge in [0.25, 0.3) is 5.91 Å². The van der Waals surface area contributed by atoms with Crippen molar-refractivity contribution in [2.45, 2.75) is 0 Å². The number of piperazine rings is 1. The van der Waals surface area contributed by atoms with Gasteiger partial charge in [-0.15, -0.1) is 0 Å². The molecule has 120 valence electrons. The van der Waals surface area contributed by atoms with Crippen LogP contribution in [-0.4, -0.2) is 38.7 Å². The predicted molar refractivity (Wildman–Crippen MR) is 92.1 cm³/mol. The first-order valence-corrected chi connectivity index (χ1v) is 7.85. The summed E-state index contributed by atoms with van der Waals surface area (Å²) in [5.41, 5.74) is 1.93. The lowest BCUT2D eigenvalue weighted by Crippen LogP contribution is -2.43. The van der Waals surface area contributed by atoms with Crippen molar-refractivity contribution in [1.29, 1.82) is 0 Å². The summed E-state index contributed by atoms with van der Waals surface area (Å²) in [6, 6.07) is 17.3. The molecule has 0 aliphatic carbocycles. The number of amides is 1. The minimum atomic E-state index is -0.161. The van der Waals surface area contributed by atoms with Crippen LogP contribution in [0.3, 0.4) is 0 Å². The van der Waals surface area contributed by atoms with Crippen LogP contribution >= 0.6 is 0 Å². The summed E-state index contributed by atoms with van der Waals surface area (Å²) < 4.78 is 5.46. The van der Waals surface area contributed by atoms with Crippen LogP contribution in [0.25, 0.3) is 0 Å². The van der Waals surface area contributed by atoms with Crippen molar-refractivity contribution in [3.63, 3.8) is 0 Å². The van der Waals surface area contributed by atoms with E-state index < -0.39 is 0 Å². The van der Waals surface area contributed by atoms with Gasteiger partial charge < -0.3 is 20.3 Å². The van der Waals surface area contributed by atoms with E-state index >= 15 is 0 Å². The van der Waals surface area contributed by atoms with Crippen molar-refractivity contribution in [2.75, 3.05) is 43.0 Å². The zero-order chi connectivity index (χ0) is 15.9. The quantitative estimate of drug-likeness (QED) is 0.888. The molecule has 2 N–H and O–H groups in total. The number of hydrogen-bond donors (Lipinski definition) is 2. The Labute approximate surface area is 136 Å². The van der Waals surface area contributed by atoms with Gasteiger partial charge >= 0.3 is 0 Å². The fourth-order valence-corrected chi connectivity index (χ4v) is 2.57. The van der Waals surface area contributed by atoms with Crippen LogP contribution in [0.1, 0.15) is 0 Å². The molecule has 0 spiro atoms. The molecule has 5 nitrogen and oxygen atoms in total. The van der Waals surface area contributed by atoms with Crippen LogP contribution in [0.2, 0.25) is 0 Å². The zero-order valence-electron chi connectivity index (χ0n) is 13.0. The maximum Gasteiger partial charge on any atom is 0.262 e. The Kier molecular flexibility index (Phi) is 5.11. The van der Waals surface area contributed by atoms with Crippen LogP contribution in [0.4, 0.5) is 11.4 Å². The molecule has 23 heavy (non-hydrogen) atoms. The summed E-state index contributed by atoms with van der Waals surface area (Å²) >= 11 is 0. The fraction of sp³-hybridized carbons (Fsp3) is 0.278. The Morgan fingerprint density at radius 3 is 2.65 bits per heavy atom. The second kappa shape index (κ2) is 7.65. The summed E-state index contributed by atoms with van der Waals surface area (Å²) in [6.07, 6.45) is 0. The maximum atomic E-state index is 12.0. The summed E-state index contributed by atoms with van der Waals surface area (Å²) in [6.45, 7) is 3.94. The molecule has 0 saturated carbocycles. The van der Waals surface area contributed by atoms with Gasteiger partial charge in [-0.3, -0.25) is 4.79 Å². The molecule has 2 aromatic rings. The first kappa shape index (κ1) is 15.4. The number of nitrogens with zero attached hydrogens (tertiary/aromatic N) is 1. The third kappa shape index (κ3) is 4.47. The fourth-order valence-electron chi connectivity index (χ4n) is 2.57. The first-order chi connectivity index (χ1) is 11.3. The number of nitrogens with one attached hydrogen (secondary N) is 2. The summed E-state index contributed by atoms with van der Waals surface area (Å²) in [4.78, 5) is 14.3. The van der Waals surface area contributed by atoms with Gasteiger partial charge in [-0.1, -0.05) is 24.3 Å². The van der Waals surface area contributed by atoms with E-state index in [2.05, 4.69) is 21.6 Å². The highest BCUT2D eigenvalue weighted by atomic mass is 16.5. The lowest BCUT2D eigenvalue weighted by atomic mass is 10.2. The van der Waals surface area contributed by atoms with E-state index in [-0.39, 0.29) is 12.5 Å². The third-order valence-electron chi connectivity index (χ3n) is 3.73. The molecule has 1 saturated heterocycles. The van der Waals surface area contributed by atoms with Crippen molar-refractivity contribution in [1.82, 2.24) is 5.32 Å². The van der Waals surface area contributed by atoms with Gasteiger partial charge in [-0.05, 0) is 30.3 Å². The number of carbonyl (C=O) groups is 1. The second-order valence-electron chi connectivity index (χ2n) is 5.44. The van der Waals surface area contributed by atoms with Gasteiger partial charge in [0.05, 0.1) is 0 Å². The van der Waals surface area contributed by atoms with Crippen LogP contribution in [0.15, 0.2) is 54.6 Å². The smallest absolute Gasteiger partial charge is 0.262 e. The lowest BCUT2D eigenvalue weighted by Gasteiger charge is -2.29. The minimum absolute atomic E-state index is 0.00186. The minimum Gasteiger partial charge on any atom is -0.484 e. The van der Waals surface area contributed by atoms with Gasteiger partial charge in [-0.25, -0.2) is 0 Å². The Morgan fingerprint density at radius 1 is 1.09 bits per heavy atom. The van der Waals surface area contributed by atoms with Crippen molar-refractivity contribution in [3.05, 3.63) is 54.6 Å². The van der Waals surface area contributed by atoms with Crippen molar-refractivity contribution in [2.24, 2.45) is 0 Å². The van der Waals surface area contributed by atoms with E-state index in [0.717, 1.165) is 37.6 Å². The molecule has 1 heterocycles. The highest BCUT2D eigenvalue weighted by molar-refractivity contribution is 5.92. The number of rotatable bonds is 5. The standard InChI is InChI=1S/C18H21N3O2/c22-18(14-23-17-7-2-1-3-8-17)20-15-5-4-6-16(13-15)21-11-9-19-10-12-21/h1-8,13,19H,9-12,14H2,(H,20,22). The molecule has 5 heteroatoms. The lowest BCUT2D eigenvalue weighted by molar-refractivity contribution is -0.118. The second-order valence-corrected chi connectivity index (χ2v) is 5.44. The summed E-state index contributed by atoms with van der Waals surface area (Å²) in [5.74, 6) is 0.531. The molecular weight excluding hydrogens is 290 g/mol. The van der Waals surface area contributed by atoms with Crippen molar-refractivity contribution < 1.29 is 9.53 Å². The number of anilines is 2. The molecule has 1 fully saturated rings. The highest BCUT2D eigenvalue weighted by Gasteiger charge is 2.11. The van der Waals surface area contributed by atoms with Gasteiger partial charge in [-0.2, -0.15) is 0 Å². The van der Waals surface area contributed by atoms with Gasteiger partial charge in [0.2, 0.25) is 0 Å². The number of carbonyl (C=O) groups excluding carboxylic acids is 1. The van der Waals surface area contributed by atoms with Crippen LogP contribution in [-0.2, 0) is 4.79 Å². The third-order valence-corrected chi connectivity index (χ3v) is 3.73. The normalized spacial score (nSPS) is 14.3. The summed E-state index contributed by atoms with van der Waals surface area (Å²) in [7, 11) is 0. The molecule has 0 aromatic heterocycles. The molecule has 0 bridgehead atoms. The molecule has 1 aliphatic heterocycles. The number of ether oxygens (including phenoxy) is 1. The average molecular weight is 311 g/mol. The van der Waals surface area contributed by atoms with Crippen LogP contribution in [0.5, 0.6) is 5.75 Å². The monoisotopic (exact) mass is 311 g/mol. The van der Waals surface area contributed by atoms with E-state index in [1.165, 1.54) is 0 Å². The SMILES string of the molecule is O=C(COc1ccccc1)Nc1cccc(N2CCNCC2)c1. The molecular formula is C18H21N3O2. The van der Waals surface area contributed by atoms with Crippen molar-refractivity contribution >= 4 is 17.3 Å². The molecule has 2 aromatic carbocycles. The molecule has 0 unspecified atom stereocenters. The number of para-hydroxylation sites is 1. The Hall–Kier alpha value is -2.53. The van der Waals surface area contributed by atoms with Gasteiger partial charge in [0.1, 0.15) is 5.75 Å². The highest BCUT2D eigenvalue weighted by Crippen LogP contribution is 2.20. The Bertz CT molecular complexity index is 640. The van der Waals surface area contributed by atoms with Gasteiger partial charge in [0.15, 0.2) is 6.61 Å². The predicted octanol–water partition coefficient (Wildman–Crippen LogP) is 2.11. The summed E-state index contributed by atoms with van der Waals surface area (Å²) in [5, 5.41) is 6.22. The average Bonchev–Trinajstić information content (AvgIpc) is 2.62. The largest absolute Gasteiger partial charge is 0.484 e.